The fourth-order valence-electron chi connectivity index (χ4n) is 2.49. The van der Waals surface area contributed by atoms with Gasteiger partial charge in [0.05, 0.1) is 25.1 Å². The first-order valence-electron chi connectivity index (χ1n) is 8.27. The van der Waals surface area contributed by atoms with Crippen molar-refractivity contribution in [3.8, 4) is 22.1 Å². The van der Waals surface area contributed by atoms with Gasteiger partial charge >= 0.3 is 0 Å². The highest BCUT2D eigenvalue weighted by Gasteiger charge is 2.17. The Morgan fingerprint density at radius 2 is 1.88 bits per heavy atom. The highest BCUT2D eigenvalue weighted by Crippen LogP contribution is 2.31. The number of para-hydroxylation sites is 2. The van der Waals surface area contributed by atoms with Gasteiger partial charge < -0.3 is 14.8 Å². The molecule has 0 unspecified atom stereocenters. The van der Waals surface area contributed by atoms with Gasteiger partial charge in [-0.3, -0.25) is 4.79 Å². The summed E-state index contributed by atoms with van der Waals surface area (Å²) < 4.78 is 10.7. The lowest BCUT2D eigenvalue weighted by Crippen LogP contribution is -2.12. The molecule has 6 heteroatoms. The van der Waals surface area contributed by atoms with Gasteiger partial charge in [-0.2, -0.15) is 0 Å². The van der Waals surface area contributed by atoms with Gasteiger partial charge in [0.25, 0.3) is 5.91 Å². The molecule has 5 nitrogen and oxygen atoms in total. The maximum Gasteiger partial charge on any atom is 0.267 e. The van der Waals surface area contributed by atoms with E-state index in [4.69, 9.17) is 9.47 Å². The van der Waals surface area contributed by atoms with Gasteiger partial charge in [0.15, 0.2) is 0 Å². The molecule has 0 saturated carbocycles. The second-order valence-corrected chi connectivity index (χ2v) is 6.54. The zero-order valence-electron chi connectivity index (χ0n) is 14.9. The standard InChI is InChI=1S/C20H20N2O3S/c1-4-25-17-8-6-5-7-16(17)22-19(23)18-13(2)21-20(26-18)14-9-11-15(24-3)12-10-14/h5-12H,4H2,1-3H3,(H,22,23). The van der Waals surface area contributed by atoms with Crippen LogP contribution in [0.15, 0.2) is 48.5 Å². The number of anilines is 1. The molecule has 26 heavy (non-hydrogen) atoms. The third kappa shape index (κ3) is 3.86. The number of carbonyl (C=O) groups excluding carboxylic acids is 1. The second kappa shape index (κ2) is 8.01. The first-order chi connectivity index (χ1) is 12.6. The van der Waals surface area contributed by atoms with Crippen molar-refractivity contribution in [1.82, 2.24) is 4.98 Å². The summed E-state index contributed by atoms with van der Waals surface area (Å²) in [6, 6.07) is 15.0. The minimum absolute atomic E-state index is 0.188. The summed E-state index contributed by atoms with van der Waals surface area (Å²) >= 11 is 1.37. The molecule has 1 heterocycles. The lowest BCUT2D eigenvalue weighted by molar-refractivity contribution is 0.102. The molecular weight excluding hydrogens is 348 g/mol. The highest BCUT2D eigenvalue weighted by molar-refractivity contribution is 7.17. The molecule has 3 aromatic rings. The third-order valence-corrected chi connectivity index (χ3v) is 4.98. The molecular formula is C20H20N2O3S. The number of thiazole rings is 1. The minimum atomic E-state index is -0.188. The largest absolute Gasteiger partial charge is 0.497 e. The van der Waals surface area contributed by atoms with E-state index >= 15 is 0 Å². The van der Waals surface area contributed by atoms with Crippen molar-refractivity contribution in [2.75, 3.05) is 19.0 Å². The summed E-state index contributed by atoms with van der Waals surface area (Å²) in [6.07, 6.45) is 0. The number of methoxy groups -OCH3 is 1. The normalized spacial score (nSPS) is 10.4. The van der Waals surface area contributed by atoms with Crippen LogP contribution in [0.25, 0.3) is 10.6 Å². The minimum Gasteiger partial charge on any atom is -0.497 e. The topological polar surface area (TPSA) is 60.5 Å². The smallest absolute Gasteiger partial charge is 0.267 e. The number of carbonyl (C=O) groups is 1. The predicted octanol–water partition coefficient (Wildman–Crippen LogP) is 4.78. The first kappa shape index (κ1) is 17.9. The number of hydrogen-bond acceptors (Lipinski definition) is 5. The van der Waals surface area contributed by atoms with Crippen LogP contribution in [0.5, 0.6) is 11.5 Å². The van der Waals surface area contributed by atoms with Crippen molar-refractivity contribution in [2.45, 2.75) is 13.8 Å². The highest BCUT2D eigenvalue weighted by atomic mass is 32.1. The van der Waals surface area contributed by atoms with Crippen LogP contribution in [0.4, 0.5) is 5.69 Å². The summed E-state index contributed by atoms with van der Waals surface area (Å²) in [5.41, 5.74) is 2.30. The third-order valence-electron chi connectivity index (χ3n) is 3.77. The van der Waals surface area contributed by atoms with Crippen molar-refractivity contribution in [3.63, 3.8) is 0 Å². The van der Waals surface area contributed by atoms with E-state index in [1.807, 2.05) is 62.4 Å². The SMILES string of the molecule is CCOc1ccccc1NC(=O)c1sc(-c2ccc(OC)cc2)nc1C. The van der Waals surface area contributed by atoms with Crippen LogP contribution < -0.4 is 14.8 Å². The van der Waals surface area contributed by atoms with Crippen molar-refractivity contribution < 1.29 is 14.3 Å². The molecule has 134 valence electrons. The Morgan fingerprint density at radius 3 is 2.58 bits per heavy atom. The zero-order chi connectivity index (χ0) is 18.5. The van der Waals surface area contributed by atoms with Gasteiger partial charge in [-0.25, -0.2) is 4.98 Å². The van der Waals surface area contributed by atoms with Crippen LogP contribution in [0.2, 0.25) is 0 Å². The average molecular weight is 368 g/mol. The van der Waals surface area contributed by atoms with Gasteiger partial charge in [0.2, 0.25) is 0 Å². The quantitative estimate of drug-likeness (QED) is 0.680. The van der Waals surface area contributed by atoms with Gasteiger partial charge in [0.1, 0.15) is 21.4 Å². The van der Waals surface area contributed by atoms with Crippen molar-refractivity contribution in [2.24, 2.45) is 0 Å². The van der Waals surface area contributed by atoms with Gasteiger partial charge in [-0.15, -0.1) is 11.3 Å². The molecule has 1 aromatic heterocycles. The van der Waals surface area contributed by atoms with E-state index in [0.717, 1.165) is 16.3 Å². The molecule has 0 aliphatic heterocycles. The Kier molecular flexibility index (Phi) is 5.53. The molecule has 1 N–H and O–H groups in total. The average Bonchev–Trinajstić information content (AvgIpc) is 3.05. The van der Waals surface area contributed by atoms with E-state index in [2.05, 4.69) is 10.3 Å². The summed E-state index contributed by atoms with van der Waals surface area (Å²) in [4.78, 5) is 17.8. The van der Waals surface area contributed by atoms with Crippen LogP contribution in [-0.2, 0) is 0 Å². The molecule has 1 amide bonds. The van der Waals surface area contributed by atoms with E-state index in [1.54, 1.807) is 7.11 Å². The Balaban J connectivity index is 1.83. The Hall–Kier alpha value is -2.86. The number of benzene rings is 2. The monoisotopic (exact) mass is 368 g/mol. The molecule has 0 bridgehead atoms. The lowest BCUT2D eigenvalue weighted by Gasteiger charge is -2.10. The van der Waals surface area contributed by atoms with Gasteiger partial charge in [-0.05, 0) is 50.2 Å². The van der Waals surface area contributed by atoms with Crippen LogP contribution in [0.3, 0.4) is 0 Å². The summed E-state index contributed by atoms with van der Waals surface area (Å²) in [5.74, 6) is 1.25. The molecule has 0 fully saturated rings. The van der Waals surface area contributed by atoms with E-state index in [9.17, 15) is 4.79 Å². The van der Waals surface area contributed by atoms with Crippen LogP contribution >= 0.6 is 11.3 Å². The molecule has 0 spiro atoms. The van der Waals surface area contributed by atoms with Crippen molar-refractivity contribution in [1.29, 1.82) is 0 Å². The number of ether oxygens (including phenoxy) is 2. The van der Waals surface area contributed by atoms with E-state index < -0.39 is 0 Å². The van der Waals surface area contributed by atoms with Crippen LogP contribution in [0, 0.1) is 6.92 Å². The number of hydrogen-bond donors (Lipinski definition) is 1. The summed E-state index contributed by atoms with van der Waals surface area (Å²) in [7, 11) is 1.63. The maximum atomic E-state index is 12.7. The Bertz CT molecular complexity index is 904. The number of rotatable bonds is 6. The number of nitrogens with zero attached hydrogens (tertiary/aromatic N) is 1. The van der Waals surface area contributed by atoms with Gasteiger partial charge in [-0.1, -0.05) is 12.1 Å². The molecule has 0 aliphatic carbocycles. The summed E-state index contributed by atoms with van der Waals surface area (Å²) in [6.45, 7) is 4.29. The predicted molar refractivity (Wildman–Crippen MR) is 104 cm³/mol. The van der Waals surface area contributed by atoms with E-state index in [1.165, 1.54) is 11.3 Å². The fourth-order valence-corrected chi connectivity index (χ4v) is 3.46. The van der Waals surface area contributed by atoms with E-state index in [-0.39, 0.29) is 5.91 Å². The molecule has 0 atom stereocenters. The molecule has 0 saturated heterocycles. The lowest BCUT2D eigenvalue weighted by atomic mass is 10.2. The number of aromatic nitrogens is 1. The summed E-state index contributed by atoms with van der Waals surface area (Å²) in [5, 5.41) is 3.72. The van der Waals surface area contributed by atoms with Crippen molar-refractivity contribution in [3.05, 3.63) is 59.1 Å². The van der Waals surface area contributed by atoms with E-state index in [0.29, 0.717) is 28.6 Å². The second-order valence-electron chi connectivity index (χ2n) is 5.55. The number of aryl methyl sites for hydroxylation is 1. The van der Waals surface area contributed by atoms with Crippen LogP contribution in [-0.4, -0.2) is 24.6 Å². The Labute approximate surface area is 156 Å². The maximum absolute atomic E-state index is 12.7. The first-order valence-corrected chi connectivity index (χ1v) is 9.09. The molecule has 2 aromatic carbocycles. The number of nitrogens with one attached hydrogen (secondary N) is 1. The Morgan fingerprint density at radius 1 is 1.15 bits per heavy atom. The van der Waals surface area contributed by atoms with Gasteiger partial charge in [0, 0.05) is 5.56 Å². The molecule has 0 aliphatic rings. The van der Waals surface area contributed by atoms with Crippen molar-refractivity contribution >= 4 is 22.9 Å². The fraction of sp³-hybridized carbons (Fsp3) is 0.200. The zero-order valence-corrected chi connectivity index (χ0v) is 15.7. The molecule has 3 rings (SSSR count). The van der Waals surface area contributed by atoms with Crippen LogP contribution in [0.1, 0.15) is 22.3 Å². The molecule has 0 radical (unpaired) electrons. The number of amides is 1.